The van der Waals surface area contributed by atoms with Crippen molar-refractivity contribution in [3.63, 3.8) is 0 Å². The van der Waals surface area contributed by atoms with Crippen molar-refractivity contribution in [1.82, 2.24) is 9.80 Å². The lowest BCUT2D eigenvalue weighted by atomic mass is 10.1. The van der Waals surface area contributed by atoms with Crippen LogP contribution in [0.2, 0.25) is 0 Å². The van der Waals surface area contributed by atoms with Gasteiger partial charge in [-0.05, 0) is 39.2 Å². The first-order valence-electron chi connectivity index (χ1n) is 8.98. The van der Waals surface area contributed by atoms with Gasteiger partial charge in [0.05, 0.1) is 0 Å². The van der Waals surface area contributed by atoms with E-state index in [9.17, 15) is 0 Å². The molecule has 2 rings (SSSR count). The lowest BCUT2D eigenvalue weighted by Crippen LogP contribution is -2.52. The first kappa shape index (κ1) is 22.2. The molecule has 2 fully saturated rings. The molecular weight excluding hydrogens is 244 g/mol. The summed E-state index contributed by atoms with van der Waals surface area (Å²) >= 11 is 0. The first-order chi connectivity index (χ1) is 9.50. The van der Waals surface area contributed by atoms with Crippen LogP contribution in [0.3, 0.4) is 0 Å². The molecule has 1 atom stereocenters. The van der Waals surface area contributed by atoms with E-state index in [0.717, 1.165) is 18.0 Å². The molecule has 1 unspecified atom stereocenters. The summed E-state index contributed by atoms with van der Waals surface area (Å²) in [6.45, 7) is 24.4. The van der Waals surface area contributed by atoms with Crippen LogP contribution in [-0.2, 0) is 0 Å². The topological polar surface area (TPSA) is 6.48 Å². The van der Waals surface area contributed by atoms with E-state index in [1.807, 2.05) is 27.7 Å². The molecule has 2 saturated heterocycles. The highest BCUT2D eigenvalue weighted by atomic mass is 15.3. The quantitative estimate of drug-likeness (QED) is 0.677. The molecule has 20 heavy (non-hydrogen) atoms. The monoisotopic (exact) mass is 286 g/mol. The van der Waals surface area contributed by atoms with Crippen molar-refractivity contribution < 1.29 is 0 Å². The van der Waals surface area contributed by atoms with E-state index in [1.54, 1.807) is 0 Å². The highest BCUT2D eigenvalue weighted by molar-refractivity contribution is 4.87. The number of hydrogen-bond donors (Lipinski definition) is 0. The van der Waals surface area contributed by atoms with E-state index in [-0.39, 0.29) is 0 Å². The van der Waals surface area contributed by atoms with Crippen LogP contribution in [0.25, 0.3) is 0 Å². The molecule has 0 saturated carbocycles. The Balaban J connectivity index is 0. The standard InChI is InChI=1S/C10H20N2.C4H10.2C2H6/c1-9(2)12-7-6-11-5-3-4-10(11)8-12;1-4(2)3;2*1-2/h9-10H,3-8H2,1-2H3;4H,1-3H3;2*1-2H3. The number of nitrogens with zero attached hydrogens (tertiary/aromatic N) is 2. The first-order valence-corrected chi connectivity index (χ1v) is 8.98. The molecule has 0 spiro atoms. The van der Waals surface area contributed by atoms with Gasteiger partial charge in [-0.3, -0.25) is 9.80 Å². The molecule has 0 aromatic rings. The maximum atomic E-state index is 2.67. The van der Waals surface area contributed by atoms with Crippen molar-refractivity contribution in [3.05, 3.63) is 0 Å². The van der Waals surface area contributed by atoms with Crippen LogP contribution in [-0.4, -0.2) is 48.1 Å². The van der Waals surface area contributed by atoms with Crippen LogP contribution >= 0.6 is 0 Å². The van der Waals surface area contributed by atoms with Crippen LogP contribution in [0.4, 0.5) is 0 Å². The SMILES string of the molecule is CC.CC.CC(C)C.CC(C)N1CCN2CCCC2C1. The molecule has 2 aliphatic rings. The zero-order chi connectivity index (χ0) is 16.1. The van der Waals surface area contributed by atoms with Gasteiger partial charge in [-0.1, -0.05) is 48.5 Å². The van der Waals surface area contributed by atoms with E-state index in [4.69, 9.17) is 0 Å². The Morgan fingerprint density at radius 2 is 1.30 bits per heavy atom. The Hall–Kier alpha value is -0.0800. The second-order valence-corrected chi connectivity index (χ2v) is 6.15. The van der Waals surface area contributed by atoms with E-state index < -0.39 is 0 Å². The van der Waals surface area contributed by atoms with E-state index in [0.29, 0.717) is 0 Å². The average molecular weight is 287 g/mol. The summed E-state index contributed by atoms with van der Waals surface area (Å²) in [5.74, 6) is 0.833. The summed E-state index contributed by atoms with van der Waals surface area (Å²) in [4.78, 5) is 5.28. The van der Waals surface area contributed by atoms with Gasteiger partial charge in [0, 0.05) is 31.7 Å². The van der Waals surface area contributed by atoms with Gasteiger partial charge in [0.2, 0.25) is 0 Å². The van der Waals surface area contributed by atoms with Gasteiger partial charge in [0.25, 0.3) is 0 Å². The Kier molecular flexibility index (Phi) is 15.4. The second kappa shape index (κ2) is 13.9. The Labute approximate surface area is 129 Å². The van der Waals surface area contributed by atoms with Crippen LogP contribution < -0.4 is 0 Å². The van der Waals surface area contributed by atoms with Crippen molar-refractivity contribution in [2.24, 2.45) is 5.92 Å². The molecule has 2 heterocycles. The van der Waals surface area contributed by atoms with Crippen molar-refractivity contribution in [2.75, 3.05) is 26.2 Å². The van der Waals surface area contributed by atoms with Gasteiger partial charge >= 0.3 is 0 Å². The molecule has 0 N–H and O–H groups in total. The van der Waals surface area contributed by atoms with Gasteiger partial charge in [-0.25, -0.2) is 0 Å². The summed E-state index contributed by atoms with van der Waals surface area (Å²) in [6.07, 6.45) is 2.86. The summed E-state index contributed by atoms with van der Waals surface area (Å²) in [5.41, 5.74) is 0. The minimum atomic E-state index is 0.743. The predicted octanol–water partition coefficient (Wildman–Crippen LogP) is 4.89. The normalized spacial score (nSPS) is 22.1. The molecule has 2 nitrogen and oxygen atoms in total. The summed E-state index contributed by atoms with van der Waals surface area (Å²) in [5, 5.41) is 0. The van der Waals surface area contributed by atoms with Crippen molar-refractivity contribution in [1.29, 1.82) is 0 Å². The maximum absolute atomic E-state index is 2.67. The molecule has 0 bridgehead atoms. The van der Waals surface area contributed by atoms with Crippen LogP contribution in [0, 0.1) is 5.92 Å². The van der Waals surface area contributed by atoms with Gasteiger partial charge in [0.1, 0.15) is 0 Å². The van der Waals surface area contributed by atoms with Crippen LogP contribution in [0.15, 0.2) is 0 Å². The lowest BCUT2D eigenvalue weighted by Gasteiger charge is -2.39. The fraction of sp³-hybridized carbons (Fsp3) is 1.00. The third kappa shape index (κ3) is 9.77. The number of piperazine rings is 1. The van der Waals surface area contributed by atoms with Crippen molar-refractivity contribution >= 4 is 0 Å². The maximum Gasteiger partial charge on any atom is 0.0224 e. The predicted molar refractivity (Wildman–Crippen MR) is 94.5 cm³/mol. The summed E-state index contributed by atoms with van der Waals surface area (Å²) in [7, 11) is 0. The van der Waals surface area contributed by atoms with Gasteiger partial charge in [-0.2, -0.15) is 0 Å². The molecule has 124 valence electrons. The van der Waals surface area contributed by atoms with Crippen LogP contribution in [0.1, 0.15) is 75.2 Å². The fourth-order valence-electron chi connectivity index (χ4n) is 2.48. The van der Waals surface area contributed by atoms with Crippen molar-refractivity contribution in [2.45, 2.75) is 87.2 Å². The smallest absolute Gasteiger partial charge is 0.0224 e. The molecule has 0 aromatic carbocycles. The number of rotatable bonds is 1. The minimum absolute atomic E-state index is 0.743. The van der Waals surface area contributed by atoms with Crippen LogP contribution in [0.5, 0.6) is 0 Å². The third-order valence-corrected chi connectivity index (χ3v) is 3.35. The van der Waals surface area contributed by atoms with E-state index >= 15 is 0 Å². The summed E-state index contributed by atoms with van der Waals surface area (Å²) in [6, 6.07) is 1.63. The second-order valence-electron chi connectivity index (χ2n) is 6.15. The molecule has 0 radical (unpaired) electrons. The zero-order valence-electron chi connectivity index (χ0n) is 15.9. The highest BCUT2D eigenvalue weighted by Crippen LogP contribution is 2.22. The third-order valence-electron chi connectivity index (χ3n) is 3.35. The summed E-state index contributed by atoms with van der Waals surface area (Å²) < 4.78 is 0. The van der Waals surface area contributed by atoms with E-state index in [2.05, 4.69) is 44.4 Å². The molecule has 0 aliphatic carbocycles. The molecule has 2 aliphatic heterocycles. The fourth-order valence-corrected chi connectivity index (χ4v) is 2.48. The number of hydrogen-bond acceptors (Lipinski definition) is 2. The van der Waals surface area contributed by atoms with E-state index in [1.165, 1.54) is 39.0 Å². The Bertz CT molecular complexity index is 187. The molecule has 0 amide bonds. The van der Waals surface area contributed by atoms with Crippen molar-refractivity contribution in [3.8, 4) is 0 Å². The molecular formula is C18H42N2. The van der Waals surface area contributed by atoms with Gasteiger partial charge < -0.3 is 0 Å². The Morgan fingerprint density at radius 3 is 1.75 bits per heavy atom. The Morgan fingerprint density at radius 1 is 0.800 bits per heavy atom. The number of fused-ring (bicyclic) bond motifs is 1. The average Bonchev–Trinajstić information content (AvgIpc) is 2.89. The molecule has 2 heteroatoms. The zero-order valence-corrected chi connectivity index (χ0v) is 15.9. The van der Waals surface area contributed by atoms with Gasteiger partial charge in [-0.15, -0.1) is 0 Å². The minimum Gasteiger partial charge on any atom is -0.298 e. The van der Waals surface area contributed by atoms with Gasteiger partial charge in [0.15, 0.2) is 0 Å². The molecule has 0 aromatic heterocycles. The lowest BCUT2D eigenvalue weighted by molar-refractivity contribution is 0.0827. The highest BCUT2D eigenvalue weighted by Gasteiger charge is 2.30. The largest absolute Gasteiger partial charge is 0.298 e.